The third-order valence-corrected chi connectivity index (χ3v) is 3.96. The van der Waals surface area contributed by atoms with Crippen LogP contribution in [0.2, 0.25) is 5.02 Å². The summed E-state index contributed by atoms with van der Waals surface area (Å²) in [6.07, 6.45) is 3.00. The van der Waals surface area contributed by atoms with Gasteiger partial charge in [-0.25, -0.2) is 0 Å². The van der Waals surface area contributed by atoms with Gasteiger partial charge in [0.2, 0.25) is 0 Å². The highest BCUT2D eigenvalue weighted by molar-refractivity contribution is 6.65. The molecule has 0 spiro atoms. The van der Waals surface area contributed by atoms with Crippen LogP contribution in [0.25, 0.3) is 0 Å². The number of pyridine rings is 1. The second-order valence-corrected chi connectivity index (χ2v) is 5.67. The number of hydrogen-bond donors (Lipinski definition) is 0. The summed E-state index contributed by atoms with van der Waals surface area (Å²) in [4.78, 5) is 3.99. The molecule has 94 valence electrons. The highest BCUT2D eigenvalue weighted by atomic mass is 35.5. The largest absolute Gasteiger partial charge is 0.498 e. The van der Waals surface area contributed by atoms with Gasteiger partial charge in [-0.15, -0.1) is 0 Å². The van der Waals surface area contributed by atoms with E-state index in [9.17, 15) is 0 Å². The van der Waals surface area contributed by atoms with Crippen LogP contribution in [0, 0.1) is 11.3 Å². The summed E-state index contributed by atoms with van der Waals surface area (Å²) in [5.41, 5.74) is 0.0334. The Morgan fingerprint density at radius 2 is 1.78 bits per heavy atom. The number of nitriles is 1. The molecule has 1 aromatic rings. The Morgan fingerprint density at radius 1 is 1.22 bits per heavy atom. The summed E-state index contributed by atoms with van der Waals surface area (Å²) in [6.45, 7) is 7.84. The van der Waals surface area contributed by atoms with Crippen LogP contribution in [0.1, 0.15) is 33.3 Å². The van der Waals surface area contributed by atoms with Gasteiger partial charge in [0.05, 0.1) is 21.8 Å². The van der Waals surface area contributed by atoms with Crippen LogP contribution in [0.4, 0.5) is 0 Å². The molecule has 2 heterocycles. The lowest BCUT2D eigenvalue weighted by atomic mass is 9.79. The molecule has 0 N–H and O–H groups in total. The van der Waals surface area contributed by atoms with Crippen molar-refractivity contribution in [2.24, 2.45) is 0 Å². The Labute approximate surface area is 112 Å². The third-order valence-electron chi connectivity index (χ3n) is 3.53. The molecule has 0 atom stereocenters. The molecule has 0 radical (unpaired) electrons. The fourth-order valence-corrected chi connectivity index (χ4v) is 1.90. The van der Waals surface area contributed by atoms with Gasteiger partial charge in [0.1, 0.15) is 6.07 Å². The van der Waals surface area contributed by atoms with E-state index in [4.69, 9.17) is 26.2 Å². The smallest absolute Gasteiger partial charge is 0.399 e. The average molecular weight is 265 g/mol. The number of aromatic nitrogens is 1. The van der Waals surface area contributed by atoms with E-state index in [0.717, 1.165) is 0 Å². The van der Waals surface area contributed by atoms with E-state index >= 15 is 0 Å². The zero-order valence-electron chi connectivity index (χ0n) is 10.8. The van der Waals surface area contributed by atoms with Gasteiger partial charge in [-0.3, -0.25) is 4.98 Å². The maximum absolute atomic E-state index is 8.93. The molecular weight excluding hydrogens is 250 g/mol. The Balaban J connectivity index is 2.39. The quantitative estimate of drug-likeness (QED) is 0.727. The summed E-state index contributed by atoms with van der Waals surface area (Å²) in [5.74, 6) is 0. The predicted molar refractivity (Wildman–Crippen MR) is 69.7 cm³/mol. The van der Waals surface area contributed by atoms with Crippen LogP contribution in [0.15, 0.2) is 12.4 Å². The van der Waals surface area contributed by atoms with Gasteiger partial charge in [0.15, 0.2) is 0 Å². The first-order chi connectivity index (χ1) is 8.28. The van der Waals surface area contributed by atoms with E-state index in [0.29, 0.717) is 16.0 Å². The van der Waals surface area contributed by atoms with E-state index in [1.54, 1.807) is 6.20 Å². The van der Waals surface area contributed by atoms with Crippen molar-refractivity contribution in [3.05, 3.63) is 23.0 Å². The highest BCUT2D eigenvalue weighted by Crippen LogP contribution is 2.37. The molecule has 18 heavy (non-hydrogen) atoms. The van der Waals surface area contributed by atoms with Crippen molar-refractivity contribution in [3.63, 3.8) is 0 Å². The molecule has 2 rings (SSSR count). The second-order valence-electron chi connectivity index (χ2n) is 5.29. The summed E-state index contributed by atoms with van der Waals surface area (Å²) in [7, 11) is -0.594. The fraction of sp³-hybridized carbons (Fsp3) is 0.500. The van der Waals surface area contributed by atoms with E-state index in [-0.39, 0.29) is 0 Å². The Bertz CT molecular complexity index is 509. The summed E-state index contributed by atoms with van der Waals surface area (Å²) < 4.78 is 11.7. The lowest BCUT2D eigenvalue weighted by Crippen LogP contribution is -2.41. The van der Waals surface area contributed by atoms with E-state index < -0.39 is 18.3 Å². The summed E-state index contributed by atoms with van der Waals surface area (Å²) >= 11 is 6.15. The lowest BCUT2D eigenvalue weighted by Gasteiger charge is -2.32. The SMILES string of the molecule is CC1(C)OB(c2cncc(C#N)c2Cl)OC1(C)C. The molecule has 1 aromatic heterocycles. The van der Waals surface area contributed by atoms with Gasteiger partial charge in [-0.1, -0.05) is 11.6 Å². The van der Waals surface area contributed by atoms with Crippen LogP contribution in [-0.2, 0) is 9.31 Å². The molecule has 1 aliphatic heterocycles. The number of halogens is 1. The van der Waals surface area contributed by atoms with Crippen molar-refractivity contribution < 1.29 is 9.31 Å². The molecule has 4 nitrogen and oxygen atoms in total. The Kier molecular flexibility index (Phi) is 3.14. The molecule has 0 saturated carbocycles. The topological polar surface area (TPSA) is 55.1 Å². The molecule has 0 aliphatic carbocycles. The van der Waals surface area contributed by atoms with E-state index in [1.165, 1.54) is 6.20 Å². The van der Waals surface area contributed by atoms with Gasteiger partial charge in [0, 0.05) is 17.9 Å². The van der Waals surface area contributed by atoms with Crippen molar-refractivity contribution in [3.8, 4) is 6.07 Å². The number of hydrogen-bond acceptors (Lipinski definition) is 4. The van der Waals surface area contributed by atoms with Gasteiger partial charge >= 0.3 is 7.12 Å². The Hall–Kier alpha value is -1.09. The minimum absolute atomic E-state index is 0.323. The van der Waals surface area contributed by atoms with Crippen LogP contribution >= 0.6 is 11.6 Å². The first-order valence-corrected chi connectivity index (χ1v) is 6.05. The number of rotatable bonds is 1. The molecule has 0 amide bonds. The highest BCUT2D eigenvalue weighted by Gasteiger charge is 2.52. The monoisotopic (exact) mass is 264 g/mol. The molecule has 1 saturated heterocycles. The van der Waals surface area contributed by atoms with Crippen LogP contribution in [-0.4, -0.2) is 23.3 Å². The van der Waals surface area contributed by atoms with E-state index in [2.05, 4.69) is 4.98 Å². The third kappa shape index (κ3) is 2.01. The second kappa shape index (κ2) is 4.23. The Morgan fingerprint density at radius 3 is 2.28 bits per heavy atom. The summed E-state index contributed by atoms with van der Waals surface area (Å²) in [5, 5.41) is 9.27. The maximum atomic E-state index is 8.93. The van der Waals surface area contributed by atoms with Crippen molar-refractivity contribution in [2.75, 3.05) is 0 Å². The van der Waals surface area contributed by atoms with Crippen molar-refractivity contribution >= 4 is 24.2 Å². The van der Waals surface area contributed by atoms with Gasteiger partial charge in [-0.05, 0) is 27.7 Å². The molecule has 1 aliphatic rings. The molecule has 0 bridgehead atoms. The van der Waals surface area contributed by atoms with Gasteiger partial charge in [-0.2, -0.15) is 5.26 Å². The number of nitrogens with zero attached hydrogens (tertiary/aromatic N) is 2. The normalized spacial score (nSPS) is 20.8. The van der Waals surface area contributed by atoms with Gasteiger partial charge in [0.25, 0.3) is 0 Å². The van der Waals surface area contributed by atoms with Crippen molar-refractivity contribution in [1.29, 1.82) is 5.26 Å². The van der Waals surface area contributed by atoms with Crippen LogP contribution < -0.4 is 5.46 Å². The molecule has 0 unspecified atom stereocenters. The fourth-order valence-electron chi connectivity index (χ4n) is 1.67. The average Bonchev–Trinajstić information content (AvgIpc) is 2.48. The van der Waals surface area contributed by atoms with Gasteiger partial charge < -0.3 is 9.31 Å². The zero-order valence-corrected chi connectivity index (χ0v) is 11.6. The van der Waals surface area contributed by atoms with E-state index in [1.807, 2.05) is 33.8 Å². The van der Waals surface area contributed by atoms with Crippen LogP contribution in [0.3, 0.4) is 0 Å². The standard InChI is InChI=1S/C12H14BClN2O2/c1-11(2)12(3,4)18-13(17-11)9-7-16-6-8(5-15)10(9)14/h6-7H,1-4H3. The lowest BCUT2D eigenvalue weighted by molar-refractivity contribution is 0.00578. The minimum Gasteiger partial charge on any atom is -0.399 e. The first-order valence-electron chi connectivity index (χ1n) is 5.67. The molecule has 0 aromatic carbocycles. The van der Waals surface area contributed by atoms with Crippen molar-refractivity contribution in [1.82, 2.24) is 4.98 Å². The van der Waals surface area contributed by atoms with Crippen molar-refractivity contribution in [2.45, 2.75) is 38.9 Å². The van der Waals surface area contributed by atoms with Crippen LogP contribution in [0.5, 0.6) is 0 Å². The molecule has 1 fully saturated rings. The minimum atomic E-state index is -0.594. The maximum Gasteiger partial charge on any atom is 0.498 e. The first kappa shape index (κ1) is 13.3. The zero-order chi connectivity index (χ0) is 13.6. The summed E-state index contributed by atoms with van der Waals surface area (Å²) in [6, 6.07) is 2.00. The molecule has 6 heteroatoms. The molecular formula is C12H14BClN2O2. The predicted octanol–water partition coefficient (Wildman–Crippen LogP) is 1.91.